The zero-order chi connectivity index (χ0) is 20.2. The molecule has 0 bridgehead atoms. The number of rotatable bonds is 16. The molecular weight excluding hydrogens is 344 g/mol. The van der Waals surface area contributed by atoms with Crippen LogP contribution in [-0.2, 0) is 0 Å². The average Bonchev–Trinajstić information content (AvgIpc) is 3.06. The molecule has 3 N–H and O–H groups in total. The summed E-state index contributed by atoms with van der Waals surface area (Å²) in [4.78, 5) is 8.44. The van der Waals surface area contributed by atoms with E-state index in [4.69, 9.17) is 20.1 Å². The van der Waals surface area contributed by atoms with Gasteiger partial charge in [0, 0.05) is 6.42 Å². The lowest BCUT2D eigenvalue weighted by atomic mass is 10.0. The number of nitrogens with one attached hydrogen (secondary N) is 1. The smallest absolute Gasteiger partial charge is 0.249 e. The number of nitrogens with zero attached hydrogens (tertiary/aromatic N) is 1. The molecular formula is C21H42N2O4. The SMILES string of the molecule is CCCCCCCCCCCCCCCC1=[N+](CCO)CCN1.O=C([O-])O. The van der Waals surface area contributed by atoms with E-state index >= 15 is 0 Å². The van der Waals surface area contributed by atoms with Gasteiger partial charge >= 0.3 is 0 Å². The molecule has 0 radical (unpaired) electrons. The molecule has 0 aliphatic carbocycles. The molecule has 1 heterocycles. The fourth-order valence-electron chi connectivity index (χ4n) is 3.51. The van der Waals surface area contributed by atoms with E-state index < -0.39 is 6.16 Å². The fourth-order valence-corrected chi connectivity index (χ4v) is 3.51. The first-order valence-electron chi connectivity index (χ1n) is 11.0. The van der Waals surface area contributed by atoms with Crippen molar-refractivity contribution in [2.75, 3.05) is 26.2 Å². The molecule has 0 aromatic heterocycles. The molecule has 0 saturated heterocycles. The van der Waals surface area contributed by atoms with E-state index in [1.165, 1.54) is 89.3 Å². The van der Waals surface area contributed by atoms with Crippen molar-refractivity contribution < 1.29 is 24.7 Å². The molecule has 0 spiro atoms. The quantitative estimate of drug-likeness (QED) is 0.279. The molecule has 1 rings (SSSR count). The van der Waals surface area contributed by atoms with Crippen molar-refractivity contribution in [3.8, 4) is 0 Å². The maximum absolute atomic E-state index is 9.05. The Hall–Kier alpha value is -1.30. The van der Waals surface area contributed by atoms with Crippen molar-refractivity contribution >= 4 is 12.0 Å². The summed E-state index contributed by atoms with van der Waals surface area (Å²) in [5.41, 5.74) is 0. The lowest BCUT2D eigenvalue weighted by Gasteiger charge is -2.04. The van der Waals surface area contributed by atoms with E-state index in [0.717, 1.165) is 26.1 Å². The van der Waals surface area contributed by atoms with Crippen LogP contribution >= 0.6 is 0 Å². The molecule has 0 amide bonds. The Kier molecular flexibility index (Phi) is 18.5. The third-order valence-electron chi connectivity index (χ3n) is 4.98. The van der Waals surface area contributed by atoms with Gasteiger partial charge in [0.1, 0.15) is 19.6 Å². The fraction of sp³-hybridized carbons (Fsp3) is 0.905. The second kappa shape index (κ2) is 19.5. The van der Waals surface area contributed by atoms with Gasteiger partial charge in [-0.05, 0) is 6.42 Å². The summed E-state index contributed by atoms with van der Waals surface area (Å²) < 4.78 is 2.31. The second-order valence-electron chi connectivity index (χ2n) is 7.34. The summed E-state index contributed by atoms with van der Waals surface area (Å²) >= 11 is 0. The summed E-state index contributed by atoms with van der Waals surface area (Å²) in [5.74, 6) is 1.36. The molecule has 1 aliphatic heterocycles. The summed E-state index contributed by atoms with van der Waals surface area (Å²) in [6.45, 7) is 5.46. The van der Waals surface area contributed by atoms with Gasteiger partial charge in [-0.2, -0.15) is 0 Å². The Morgan fingerprint density at radius 1 is 0.963 bits per heavy atom. The van der Waals surface area contributed by atoms with Crippen LogP contribution in [0.1, 0.15) is 96.8 Å². The number of hydrogen-bond donors (Lipinski definition) is 3. The number of β-amino-alcohol motifs (C(OH)–C–C–N with tert-alkyl or cyclic N) is 1. The van der Waals surface area contributed by atoms with E-state index in [-0.39, 0.29) is 6.61 Å². The van der Waals surface area contributed by atoms with Crippen LogP contribution in [0.2, 0.25) is 0 Å². The lowest BCUT2D eigenvalue weighted by Crippen LogP contribution is -2.24. The van der Waals surface area contributed by atoms with E-state index in [1.54, 1.807) is 0 Å². The van der Waals surface area contributed by atoms with Gasteiger partial charge in [-0.25, -0.2) is 0 Å². The Morgan fingerprint density at radius 2 is 1.41 bits per heavy atom. The van der Waals surface area contributed by atoms with Crippen molar-refractivity contribution in [2.24, 2.45) is 0 Å². The number of unbranched alkanes of at least 4 members (excludes halogenated alkanes) is 12. The number of carboxylic acid groups (broad SMARTS) is 2. The van der Waals surface area contributed by atoms with Crippen molar-refractivity contribution in [1.29, 1.82) is 0 Å². The predicted octanol–water partition coefficient (Wildman–Crippen LogP) is 3.36. The highest BCUT2D eigenvalue weighted by Gasteiger charge is 2.19. The first-order chi connectivity index (χ1) is 13.1. The zero-order valence-electron chi connectivity index (χ0n) is 17.4. The highest BCUT2D eigenvalue weighted by molar-refractivity contribution is 5.78. The molecule has 0 aromatic rings. The van der Waals surface area contributed by atoms with E-state index in [1.807, 2.05) is 0 Å². The minimum Gasteiger partial charge on any atom is -0.565 e. The van der Waals surface area contributed by atoms with Gasteiger partial charge in [-0.1, -0.05) is 84.0 Å². The van der Waals surface area contributed by atoms with Gasteiger partial charge < -0.3 is 20.1 Å². The average molecular weight is 387 g/mol. The minimum absolute atomic E-state index is 0.268. The maximum atomic E-state index is 9.05. The maximum Gasteiger partial charge on any atom is 0.249 e. The summed E-state index contributed by atoms with van der Waals surface area (Å²) in [6.07, 6.45) is 17.4. The predicted molar refractivity (Wildman–Crippen MR) is 108 cm³/mol. The first-order valence-corrected chi connectivity index (χ1v) is 11.0. The van der Waals surface area contributed by atoms with E-state index in [0.29, 0.717) is 0 Å². The number of hydrogen-bond acceptors (Lipinski definition) is 4. The Labute approximate surface area is 165 Å². The standard InChI is InChI=1S/C20H40N2O.CH2O3/c1-2-3-4-5-6-7-8-9-10-11-12-13-14-15-20-21-16-17-22(20)18-19-23;2-1(3)4/h23H,2-19H2,1H3;(H2,2,3,4). The molecule has 0 atom stereocenters. The van der Waals surface area contributed by atoms with Crippen LogP contribution in [-0.4, -0.2) is 53.0 Å². The molecule has 0 unspecified atom stereocenters. The van der Waals surface area contributed by atoms with Crippen LogP contribution in [0.5, 0.6) is 0 Å². The van der Waals surface area contributed by atoms with Gasteiger partial charge in [0.05, 0.1) is 6.61 Å². The summed E-state index contributed by atoms with van der Waals surface area (Å²) in [6, 6.07) is 0. The van der Waals surface area contributed by atoms with Crippen molar-refractivity contribution in [1.82, 2.24) is 5.32 Å². The van der Waals surface area contributed by atoms with Crippen molar-refractivity contribution in [2.45, 2.75) is 96.8 Å². The van der Waals surface area contributed by atoms with Crippen LogP contribution in [0.3, 0.4) is 0 Å². The van der Waals surface area contributed by atoms with E-state index in [9.17, 15) is 0 Å². The highest BCUT2D eigenvalue weighted by Crippen LogP contribution is 2.13. The van der Waals surface area contributed by atoms with Gasteiger partial charge in [0.2, 0.25) is 12.0 Å². The molecule has 160 valence electrons. The van der Waals surface area contributed by atoms with Crippen LogP contribution in [0.15, 0.2) is 0 Å². The molecule has 27 heavy (non-hydrogen) atoms. The highest BCUT2D eigenvalue weighted by atomic mass is 16.6. The van der Waals surface area contributed by atoms with Crippen LogP contribution in [0.25, 0.3) is 0 Å². The van der Waals surface area contributed by atoms with Gasteiger partial charge in [0.15, 0.2) is 0 Å². The Morgan fingerprint density at radius 3 is 1.85 bits per heavy atom. The Bertz CT molecular complexity index is 382. The topological polar surface area (TPSA) is 95.6 Å². The van der Waals surface area contributed by atoms with E-state index in [2.05, 4.69) is 16.8 Å². The number of carbonyl (C=O) groups is 1. The summed E-state index contributed by atoms with van der Waals surface area (Å²) in [5, 5.41) is 27.8. The van der Waals surface area contributed by atoms with Gasteiger partial charge in [0.25, 0.3) is 0 Å². The monoisotopic (exact) mass is 386 g/mol. The van der Waals surface area contributed by atoms with Crippen molar-refractivity contribution in [3.63, 3.8) is 0 Å². The number of aliphatic hydroxyl groups excluding tert-OH is 1. The second-order valence-corrected chi connectivity index (χ2v) is 7.34. The lowest BCUT2D eigenvalue weighted by molar-refractivity contribution is -0.521. The normalized spacial score (nSPS) is 13.3. The number of amidine groups is 1. The third-order valence-corrected chi connectivity index (χ3v) is 4.98. The van der Waals surface area contributed by atoms with Gasteiger partial charge in [-0.3, -0.25) is 9.89 Å². The third kappa shape index (κ3) is 17.9. The van der Waals surface area contributed by atoms with Crippen LogP contribution < -0.4 is 10.4 Å². The van der Waals surface area contributed by atoms with Crippen LogP contribution in [0.4, 0.5) is 4.79 Å². The van der Waals surface area contributed by atoms with Gasteiger partial charge in [-0.15, -0.1) is 0 Å². The summed E-state index contributed by atoms with van der Waals surface area (Å²) in [7, 11) is 0. The van der Waals surface area contributed by atoms with Crippen LogP contribution in [0, 0.1) is 0 Å². The molecule has 0 saturated carbocycles. The molecule has 1 aliphatic rings. The number of aliphatic hydroxyl groups is 1. The molecule has 6 heteroatoms. The Balaban J connectivity index is 0.00000153. The molecule has 6 nitrogen and oxygen atoms in total. The molecule has 0 aromatic carbocycles. The zero-order valence-corrected chi connectivity index (χ0v) is 17.4. The molecule has 0 fully saturated rings. The van der Waals surface area contributed by atoms with Crippen molar-refractivity contribution in [3.05, 3.63) is 0 Å². The minimum atomic E-state index is -2.08. The first kappa shape index (κ1) is 25.7. The largest absolute Gasteiger partial charge is 0.565 e.